The number of halogens is 1. The lowest BCUT2D eigenvalue weighted by atomic mass is 10.2. The maximum absolute atomic E-state index is 6.19. The number of hydrogen-bond donors (Lipinski definition) is 1. The first-order valence-electron chi connectivity index (χ1n) is 6.80. The number of nitrogens with one attached hydrogen (secondary N) is 1. The normalized spacial score (nSPS) is 18.2. The molecule has 1 aromatic heterocycles. The Morgan fingerprint density at radius 1 is 1.32 bits per heavy atom. The molecule has 1 atom stereocenters. The largest absolute Gasteiger partial charge is 0.493 e. The van der Waals surface area contributed by atoms with Crippen LogP contribution in [0.15, 0.2) is 16.7 Å². The molecule has 7 nitrogen and oxygen atoms in total. The molecule has 22 heavy (non-hydrogen) atoms. The summed E-state index contributed by atoms with van der Waals surface area (Å²) in [5, 5.41) is 7.61. The molecule has 1 N–H and O–H groups in total. The Labute approximate surface area is 132 Å². The zero-order valence-electron chi connectivity index (χ0n) is 12.3. The highest BCUT2D eigenvalue weighted by molar-refractivity contribution is 6.32. The quantitative estimate of drug-likeness (QED) is 0.921. The first kappa shape index (κ1) is 15.1. The van der Waals surface area contributed by atoms with Gasteiger partial charge in [0.1, 0.15) is 6.10 Å². The van der Waals surface area contributed by atoms with Crippen LogP contribution in [0.5, 0.6) is 11.5 Å². The van der Waals surface area contributed by atoms with E-state index in [0.717, 1.165) is 6.54 Å². The molecule has 1 aliphatic heterocycles. The number of hydrogen-bond acceptors (Lipinski definition) is 7. The van der Waals surface area contributed by atoms with Crippen molar-refractivity contribution in [3.8, 4) is 22.9 Å². The monoisotopic (exact) mass is 325 g/mol. The van der Waals surface area contributed by atoms with Crippen molar-refractivity contribution in [2.75, 3.05) is 33.9 Å². The van der Waals surface area contributed by atoms with E-state index in [9.17, 15) is 0 Å². The van der Waals surface area contributed by atoms with Crippen molar-refractivity contribution in [1.29, 1.82) is 0 Å². The number of ether oxygens (including phenoxy) is 3. The lowest BCUT2D eigenvalue weighted by Crippen LogP contribution is -2.33. The summed E-state index contributed by atoms with van der Waals surface area (Å²) in [4.78, 5) is 4.38. The highest BCUT2D eigenvalue weighted by Gasteiger charge is 2.23. The van der Waals surface area contributed by atoms with Crippen molar-refractivity contribution in [1.82, 2.24) is 15.5 Å². The van der Waals surface area contributed by atoms with E-state index in [1.165, 1.54) is 7.11 Å². The molecule has 3 rings (SSSR count). The van der Waals surface area contributed by atoms with Crippen molar-refractivity contribution >= 4 is 11.6 Å². The smallest absolute Gasteiger partial charge is 0.257 e. The Hall–Kier alpha value is -1.83. The summed E-state index contributed by atoms with van der Waals surface area (Å²) in [6.45, 7) is 2.08. The maximum Gasteiger partial charge on any atom is 0.257 e. The molecule has 2 aromatic rings. The number of nitrogens with zero attached hydrogens (tertiary/aromatic N) is 2. The van der Waals surface area contributed by atoms with Gasteiger partial charge in [0.2, 0.25) is 5.82 Å². The molecular formula is C14H16ClN3O4. The lowest BCUT2D eigenvalue weighted by Gasteiger charge is -2.19. The Morgan fingerprint density at radius 3 is 2.86 bits per heavy atom. The summed E-state index contributed by atoms with van der Waals surface area (Å²) in [7, 11) is 3.07. The summed E-state index contributed by atoms with van der Waals surface area (Å²) in [6.07, 6.45) is -0.231. The molecule has 0 unspecified atom stereocenters. The van der Waals surface area contributed by atoms with Crippen LogP contribution in [0, 0.1) is 0 Å². The van der Waals surface area contributed by atoms with E-state index in [2.05, 4.69) is 15.5 Å². The van der Waals surface area contributed by atoms with E-state index in [0.29, 0.717) is 47.0 Å². The van der Waals surface area contributed by atoms with Crippen molar-refractivity contribution < 1.29 is 18.7 Å². The van der Waals surface area contributed by atoms with E-state index >= 15 is 0 Å². The van der Waals surface area contributed by atoms with Gasteiger partial charge in [-0.25, -0.2) is 0 Å². The van der Waals surface area contributed by atoms with Crippen molar-refractivity contribution in [2.45, 2.75) is 6.10 Å². The Morgan fingerprint density at radius 2 is 2.18 bits per heavy atom. The van der Waals surface area contributed by atoms with Gasteiger partial charge in [-0.05, 0) is 12.1 Å². The van der Waals surface area contributed by atoms with E-state index in [1.807, 2.05) is 0 Å². The Kier molecular flexibility index (Phi) is 4.47. The van der Waals surface area contributed by atoms with Gasteiger partial charge >= 0.3 is 0 Å². The minimum absolute atomic E-state index is 0.231. The van der Waals surface area contributed by atoms with Crippen LogP contribution >= 0.6 is 11.6 Å². The fourth-order valence-corrected chi connectivity index (χ4v) is 2.54. The lowest BCUT2D eigenvalue weighted by molar-refractivity contribution is 0.00755. The highest BCUT2D eigenvalue weighted by atomic mass is 35.5. The van der Waals surface area contributed by atoms with Gasteiger partial charge in [-0.3, -0.25) is 0 Å². The second kappa shape index (κ2) is 6.51. The van der Waals surface area contributed by atoms with Crippen LogP contribution in [-0.4, -0.2) is 44.1 Å². The molecule has 0 aliphatic carbocycles. The highest BCUT2D eigenvalue weighted by Crippen LogP contribution is 2.38. The van der Waals surface area contributed by atoms with Crippen molar-refractivity contribution in [3.05, 3.63) is 23.0 Å². The van der Waals surface area contributed by atoms with Crippen LogP contribution in [0.1, 0.15) is 12.0 Å². The van der Waals surface area contributed by atoms with Gasteiger partial charge in [0.25, 0.3) is 5.89 Å². The molecule has 0 saturated carbocycles. The van der Waals surface area contributed by atoms with Crippen LogP contribution in [0.25, 0.3) is 11.4 Å². The maximum atomic E-state index is 6.19. The summed E-state index contributed by atoms with van der Waals surface area (Å²) >= 11 is 6.19. The average molecular weight is 326 g/mol. The fraction of sp³-hybridized carbons (Fsp3) is 0.429. The number of methoxy groups -OCH3 is 2. The zero-order valence-corrected chi connectivity index (χ0v) is 13.0. The van der Waals surface area contributed by atoms with Crippen LogP contribution in [0.2, 0.25) is 5.02 Å². The topological polar surface area (TPSA) is 78.6 Å². The molecular weight excluding hydrogens is 310 g/mol. The second-order valence-corrected chi connectivity index (χ2v) is 5.12. The van der Waals surface area contributed by atoms with E-state index in [1.54, 1.807) is 19.2 Å². The van der Waals surface area contributed by atoms with E-state index in [4.69, 9.17) is 30.3 Å². The molecule has 1 aliphatic rings. The summed E-state index contributed by atoms with van der Waals surface area (Å²) < 4.78 is 21.4. The predicted molar refractivity (Wildman–Crippen MR) is 79.4 cm³/mol. The first-order chi connectivity index (χ1) is 10.7. The van der Waals surface area contributed by atoms with Crippen LogP contribution < -0.4 is 14.8 Å². The van der Waals surface area contributed by atoms with Crippen LogP contribution in [-0.2, 0) is 4.74 Å². The van der Waals surface area contributed by atoms with Crippen molar-refractivity contribution in [3.63, 3.8) is 0 Å². The average Bonchev–Trinajstić information content (AvgIpc) is 3.05. The standard InChI is InChI=1S/C14H16ClN3O4/c1-19-10-6-8(5-9(15)12(10)20-2)13-17-14(22-18-13)11-7-16-3-4-21-11/h5-6,11,16H,3-4,7H2,1-2H3/t11-/m1/s1. The van der Waals surface area contributed by atoms with Gasteiger partial charge in [0.05, 0.1) is 25.8 Å². The molecule has 0 spiro atoms. The molecule has 8 heteroatoms. The van der Waals surface area contributed by atoms with Crippen molar-refractivity contribution in [2.24, 2.45) is 0 Å². The third-order valence-electron chi connectivity index (χ3n) is 3.34. The third-order valence-corrected chi connectivity index (χ3v) is 3.62. The van der Waals surface area contributed by atoms with Crippen LogP contribution in [0.3, 0.4) is 0 Å². The molecule has 0 amide bonds. The van der Waals surface area contributed by atoms with Gasteiger partial charge < -0.3 is 24.1 Å². The predicted octanol–water partition coefficient (Wildman–Crippen LogP) is 2.07. The third kappa shape index (κ3) is 2.87. The molecule has 0 radical (unpaired) electrons. The number of benzene rings is 1. The first-order valence-corrected chi connectivity index (χ1v) is 7.18. The van der Waals surface area contributed by atoms with Gasteiger partial charge in [-0.2, -0.15) is 4.98 Å². The molecule has 1 saturated heterocycles. The zero-order chi connectivity index (χ0) is 15.5. The number of aromatic nitrogens is 2. The molecule has 1 aromatic carbocycles. The second-order valence-electron chi connectivity index (χ2n) is 4.71. The fourth-order valence-electron chi connectivity index (χ4n) is 2.25. The minimum Gasteiger partial charge on any atom is -0.493 e. The number of morpholine rings is 1. The van der Waals surface area contributed by atoms with E-state index in [-0.39, 0.29) is 6.10 Å². The summed E-state index contributed by atoms with van der Waals surface area (Å²) in [6, 6.07) is 3.46. The van der Waals surface area contributed by atoms with E-state index < -0.39 is 0 Å². The van der Waals surface area contributed by atoms with Crippen LogP contribution in [0.4, 0.5) is 0 Å². The summed E-state index contributed by atoms with van der Waals surface area (Å²) in [5.74, 6) is 1.84. The van der Waals surface area contributed by atoms with Gasteiger partial charge in [-0.15, -0.1) is 0 Å². The Balaban J connectivity index is 1.91. The minimum atomic E-state index is -0.231. The molecule has 1 fully saturated rings. The Bertz CT molecular complexity index is 656. The van der Waals surface area contributed by atoms with Gasteiger partial charge in [0, 0.05) is 18.7 Å². The van der Waals surface area contributed by atoms with Gasteiger partial charge in [0.15, 0.2) is 11.5 Å². The molecule has 2 heterocycles. The van der Waals surface area contributed by atoms with Gasteiger partial charge in [-0.1, -0.05) is 16.8 Å². The summed E-state index contributed by atoms with van der Waals surface area (Å²) in [5.41, 5.74) is 0.682. The SMILES string of the molecule is COc1cc(-c2noc([C@H]3CNCCO3)n2)cc(Cl)c1OC. The molecule has 0 bridgehead atoms. The molecule has 118 valence electrons. The number of rotatable bonds is 4.